The molecule has 3 aromatic carbocycles. The van der Waals surface area contributed by atoms with Crippen LogP contribution in [0, 0.1) is 0 Å². The average Bonchev–Trinajstić information content (AvgIpc) is 2.81. The molecule has 0 aliphatic heterocycles. The van der Waals surface area contributed by atoms with Gasteiger partial charge in [0.1, 0.15) is 18.0 Å². The number of halogens is 1. The number of benzene rings is 3. The first kappa shape index (κ1) is 25.9. The zero-order chi connectivity index (χ0) is 24.4. The molecule has 34 heavy (non-hydrogen) atoms. The van der Waals surface area contributed by atoms with Crippen LogP contribution in [0.5, 0.6) is 11.5 Å². The van der Waals surface area contributed by atoms with E-state index in [9.17, 15) is 13.2 Å². The van der Waals surface area contributed by atoms with Crippen LogP contribution in [0.25, 0.3) is 0 Å². The Hall–Kier alpha value is -2.68. The van der Waals surface area contributed by atoms with Gasteiger partial charge in [0, 0.05) is 17.3 Å². The molecule has 6 nitrogen and oxygen atoms in total. The second-order valence-corrected chi connectivity index (χ2v) is 11.0. The lowest BCUT2D eigenvalue weighted by Crippen LogP contribution is -2.40. The second-order valence-electron chi connectivity index (χ2n) is 7.56. The number of rotatable bonds is 12. The Balaban J connectivity index is 1.46. The SMILES string of the molecule is CS(=O)(=O)N(CC(=O)NCCCSCc1ccc(Cl)cc1)c1ccc(Oc2ccccc2)cc1. The highest BCUT2D eigenvalue weighted by Crippen LogP contribution is 2.25. The summed E-state index contributed by atoms with van der Waals surface area (Å²) in [7, 11) is -3.64. The van der Waals surface area contributed by atoms with Crippen LogP contribution in [0.4, 0.5) is 5.69 Å². The van der Waals surface area contributed by atoms with Crippen LogP contribution in [-0.4, -0.2) is 39.4 Å². The van der Waals surface area contributed by atoms with Crippen molar-refractivity contribution in [2.45, 2.75) is 12.2 Å². The van der Waals surface area contributed by atoms with Crippen LogP contribution >= 0.6 is 23.4 Å². The third-order valence-electron chi connectivity index (χ3n) is 4.76. The normalized spacial score (nSPS) is 11.1. The summed E-state index contributed by atoms with van der Waals surface area (Å²) in [4.78, 5) is 12.4. The molecule has 0 aliphatic rings. The Labute approximate surface area is 210 Å². The fraction of sp³-hybridized carbons (Fsp3) is 0.240. The van der Waals surface area contributed by atoms with E-state index in [4.69, 9.17) is 16.3 Å². The van der Waals surface area contributed by atoms with Gasteiger partial charge in [-0.15, -0.1) is 0 Å². The first-order valence-corrected chi connectivity index (χ1v) is 14.1. The van der Waals surface area contributed by atoms with Gasteiger partial charge in [0.25, 0.3) is 0 Å². The van der Waals surface area contributed by atoms with Crippen molar-refractivity contribution in [2.75, 3.05) is 29.4 Å². The van der Waals surface area contributed by atoms with Crippen molar-refractivity contribution in [3.8, 4) is 11.5 Å². The highest BCUT2D eigenvalue weighted by atomic mass is 35.5. The third kappa shape index (κ3) is 8.59. The van der Waals surface area contributed by atoms with Gasteiger partial charge in [0.2, 0.25) is 15.9 Å². The van der Waals surface area contributed by atoms with E-state index in [1.54, 1.807) is 36.0 Å². The van der Waals surface area contributed by atoms with Gasteiger partial charge >= 0.3 is 0 Å². The predicted molar refractivity (Wildman–Crippen MR) is 140 cm³/mol. The van der Waals surface area contributed by atoms with Crippen molar-refractivity contribution in [3.05, 3.63) is 89.4 Å². The van der Waals surface area contributed by atoms with Crippen molar-refractivity contribution in [1.29, 1.82) is 0 Å². The first-order chi connectivity index (χ1) is 16.3. The molecule has 0 saturated carbocycles. The van der Waals surface area contributed by atoms with E-state index in [0.29, 0.717) is 23.7 Å². The van der Waals surface area contributed by atoms with E-state index in [2.05, 4.69) is 5.32 Å². The molecule has 0 radical (unpaired) electrons. The minimum atomic E-state index is -3.64. The van der Waals surface area contributed by atoms with E-state index in [1.165, 1.54) is 5.56 Å². The van der Waals surface area contributed by atoms with Crippen molar-refractivity contribution in [1.82, 2.24) is 5.32 Å². The molecule has 0 aliphatic carbocycles. The van der Waals surface area contributed by atoms with Gasteiger partial charge in [-0.1, -0.05) is 41.9 Å². The number of para-hydroxylation sites is 1. The maximum atomic E-state index is 12.4. The fourth-order valence-corrected chi connectivity index (χ4v) is 4.97. The third-order valence-corrected chi connectivity index (χ3v) is 7.27. The summed E-state index contributed by atoms with van der Waals surface area (Å²) in [6.45, 7) is 0.198. The number of nitrogens with zero attached hydrogens (tertiary/aromatic N) is 1. The lowest BCUT2D eigenvalue weighted by Gasteiger charge is -2.22. The first-order valence-electron chi connectivity index (χ1n) is 10.7. The summed E-state index contributed by atoms with van der Waals surface area (Å²) in [6.07, 6.45) is 1.87. The smallest absolute Gasteiger partial charge is 0.240 e. The largest absolute Gasteiger partial charge is 0.457 e. The Morgan fingerprint density at radius 3 is 2.26 bits per heavy atom. The van der Waals surface area contributed by atoms with E-state index < -0.39 is 10.0 Å². The molecular formula is C25H27ClN2O4S2. The average molecular weight is 519 g/mol. The molecule has 0 unspecified atom stereocenters. The van der Waals surface area contributed by atoms with Gasteiger partial charge in [-0.2, -0.15) is 11.8 Å². The van der Waals surface area contributed by atoms with Gasteiger partial charge in [0.15, 0.2) is 0 Å². The Kier molecular flexibility index (Phi) is 9.68. The lowest BCUT2D eigenvalue weighted by molar-refractivity contribution is -0.119. The zero-order valence-corrected chi connectivity index (χ0v) is 21.2. The van der Waals surface area contributed by atoms with Crippen molar-refractivity contribution >= 4 is 45.0 Å². The molecule has 9 heteroatoms. The van der Waals surface area contributed by atoms with Crippen molar-refractivity contribution < 1.29 is 17.9 Å². The number of hydrogen-bond donors (Lipinski definition) is 1. The molecule has 1 amide bonds. The Morgan fingerprint density at radius 1 is 0.971 bits per heavy atom. The number of carbonyl (C=O) groups excluding carboxylic acids is 1. The summed E-state index contributed by atoms with van der Waals surface area (Å²) in [6, 6.07) is 23.6. The van der Waals surface area contributed by atoms with E-state index in [0.717, 1.165) is 33.5 Å². The maximum absolute atomic E-state index is 12.4. The number of ether oxygens (including phenoxy) is 1. The zero-order valence-electron chi connectivity index (χ0n) is 18.8. The predicted octanol–water partition coefficient (Wildman–Crippen LogP) is 5.34. The number of carbonyl (C=O) groups is 1. The topological polar surface area (TPSA) is 75.7 Å². The van der Waals surface area contributed by atoms with Crippen LogP contribution in [0.2, 0.25) is 5.02 Å². The molecule has 180 valence electrons. The second kappa shape index (κ2) is 12.7. The highest BCUT2D eigenvalue weighted by Gasteiger charge is 2.20. The Bertz CT molecular complexity index is 1160. The van der Waals surface area contributed by atoms with Gasteiger partial charge in [-0.25, -0.2) is 8.42 Å². The van der Waals surface area contributed by atoms with E-state index in [1.807, 2.05) is 54.6 Å². The molecule has 0 saturated heterocycles. The van der Waals surface area contributed by atoms with E-state index in [-0.39, 0.29) is 12.5 Å². The standard InChI is InChI=1S/C25H27ClN2O4S2/c1-34(30,31)28(22-12-14-24(15-13-22)32-23-6-3-2-4-7-23)18-25(29)27-16-5-17-33-19-20-8-10-21(26)11-9-20/h2-4,6-15H,5,16-19H2,1H3,(H,27,29). The van der Waals surface area contributed by atoms with Gasteiger partial charge in [0.05, 0.1) is 11.9 Å². The van der Waals surface area contributed by atoms with Crippen LogP contribution in [0.3, 0.4) is 0 Å². The molecule has 0 aromatic heterocycles. The number of anilines is 1. The molecular weight excluding hydrogens is 492 g/mol. The molecule has 1 N–H and O–H groups in total. The number of hydrogen-bond acceptors (Lipinski definition) is 5. The van der Waals surface area contributed by atoms with Crippen LogP contribution in [-0.2, 0) is 20.6 Å². The molecule has 0 atom stereocenters. The van der Waals surface area contributed by atoms with Crippen LogP contribution in [0.1, 0.15) is 12.0 Å². The molecule has 0 spiro atoms. The van der Waals surface area contributed by atoms with E-state index >= 15 is 0 Å². The molecule has 0 heterocycles. The monoisotopic (exact) mass is 518 g/mol. The summed E-state index contributed by atoms with van der Waals surface area (Å²) < 4.78 is 31.5. The van der Waals surface area contributed by atoms with Gasteiger partial charge in [-0.3, -0.25) is 9.10 Å². The number of thioether (sulfide) groups is 1. The summed E-state index contributed by atoms with van der Waals surface area (Å²) in [5.41, 5.74) is 1.60. The van der Waals surface area contributed by atoms with Crippen molar-refractivity contribution in [3.63, 3.8) is 0 Å². The van der Waals surface area contributed by atoms with Crippen LogP contribution in [0.15, 0.2) is 78.9 Å². The number of amides is 1. The molecule has 3 aromatic rings. The summed E-state index contributed by atoms with van der Waals surface area (Å²) in [5, 5.41) is 3.52. The quantitative estimate of drug-likeness (QED) is 0.328. The Morgan fingerprint density at radius 2 is 1.62 bits per heavy atom. The molecule has 0 bridgehead atoms. The van der Waals surface area contributed by atoms with Crippen LogP contribution < -0.4 is 14.4 Å². The number of sulfonamides is 1. The minimum absolute atomic E-state index is 0.282. The summed E-state index contributed by atoms with van der Waals surface area (Å²) >= 11 is 7.66. The van der Waals surface area contributed by atoms with Gasteiger partial charge < -0.3 is 10.1 Å². The minimum Gasteiger partial charge on any atom is -0.457 e. The fourth-order valence-electron chi connectivity index (χ4n) is 3.06. The highest BCUT2D eigenvalue weighted by molar-refractivity contribution is 7.98. The number of nitrogens with one attached hydrogen (secondary N) is 1. The molecule has 3 rings (SSSR count). The summed E-state index contributed by atoms with van der Waals surface area (Å²) in [5.74, 6) is 2.65. The van der Waals surface area contributed by atoms with Gasteiger partial charge in [-0.05, 0) is 66.3 Å². The maximum Gasteiger partial charge on any atom is 0.240 e. The lowest BCUT2D eigenvalue weighted by atomic mass is 10.2. The van der Waals surface area contributed by atoms with Crippen molar-refractivity contribution in [2.24, 2.45) is 0 Å². The molecule has 0 fully saturated rings.